The lowest BCUT2D eigenvalue weighted by Gasteiger charge is -2.17. The van der Waals surface area contributed by atoms with E-state index in [9.17, 15) is 14.9 Å². The summed E-state index contributed by atoms with van der Waals surface area (Å²) in [5, 5.41) is 11.7. The maximum atomic E-state index is 12.7. The molecule has 136 valence electrons. The zero-order valence-electron chi connectivity index (χ0n) is 14.6. The van der Waals surface area contributed by atoms with Crippen LogP contribution in [0, 0.1) is 17.0 Å². The average Bonchev–Trinajstić information content (AvgIpc) is 3.09. The normalized spacial score (nSPS) is 13.0. The average molecular weight is 380 g/mol. The smallest absolute Gasteiger partial charge is 0.269 e. The molecule has 0 fully saturated rings. The third-order valence-corrected chi connectivity index (χ3v) is 5.56. The summed E-state index contributed by atoms with van der Waals surface area (Å²) in [5.74, 6) is 0.201. The first kappa shape index (κ1) is 17.4. The standard InChI is InChI=1S/C19H16N4O3S/c1-12-19(21-16-5-3-2-4-15(16)20-12)27-11-18(24)22-9-8-13-10-14(23(25)26)6-7-17(13)22/h2-7,10H,8-9,11H2,1H3. The predicted molar refractivity (Wildman–Crippen MR) is 104 cm³/mol. The maximum absolute atomic E-state index is 12.7. The summed E-state index contributed by atoms with van der Waals surface area (Å²) < 4.78 is 0. The second-order valence-electron chi connectivity index (χ2n) is 6.26. The predicted octanol–water partition coefficient (Wildman–Crippen LogP) is 3.53. The molecule has 0 N–H and O–H groups in total. The van der Waals surface area contributed by atoms with Crippen LogP contribution >= 0.6 is 11.8 Å². The molecule has 0 saturated carbocycles. The number of benzene rings is 2. The first-order valence-corrected chi connectivity index (χ1v) is 9.45. The van der Waals surface area contributed by atoms with Crippen LogP contribution in [0.1, 0.15) is 11.3 Å². The molecule has 2 heterocycles. The van der Waals surface area contributed by atoms with Crippen molar-refractivity contribution < 1.29 is 9.72 Å². The third kappa shape index (κ3) is 3.35. The Balaban J connectivity index is 1.50. The van der Waals surface area contributed by atoms with E-state index in [1.54, 1.807) is 17.0 Å². The molecular weight excluding hydrogens is 364 g/mol. The van der Waals surface area contributed by atoms with Crippen molar-refractivity contribution in [3.8, 4) is 0 Å². The lowest BCUT2D eigenvalue weighted by molar-refractivity contribution is -0.384. The number of anilines is 1. The molecule has 7 nitrogen and oxygen atoms in total. The van der Waals surface area contributed by atoms with E-state index in [-0.39, 0.29) is 17.3 Å². The van der Waals surface area contributed by atoms with Crippen LogP contribution < -0.4 is 4.90 Å². The Bertz CT molecular complexity index is 1070. The minimum atomic E-state index is -0.415. The number of aryl methyl sites for hydroxylation is 1. The van der Waals surface area contributed by atoms with E-state index in [1.807, 2.05) is 31.2 Å². The van der Waals surface area contributed by atoms with E-state index in [0.717, 1.165) is 33.0 Å². The van der Waals surface area contributed by atoms with Crippen molar-refractivity contribution in [2.24, 2.45) is 0 Å². The summed E-state index contributed by atoms with van der Waals surface area (Å²) in [6.07, 6.45) is 0.627. The highest BCUT2D eigenvalue weighted by atomic mass is 32.2. The van der Waals surface area contributed by atoms with Crippen molar-refractivity contribution in [1.82, 2.24) is 9.97 Å². The summed E-state index contributed by atoms with van der Waals surface area (Å²) >= 11 is 1.37. The molecule has 27 heavy (non-hydrogen) atoms. The summed E-state index contributed by atoms with van der Waals surface area (Å²) in [4.78, 5) is 34.0. The molecule has 3 aromatic rings. The highest BCUT2D eigenvalue weighted by Gasteiger charge is 2.26. The monoisotopic (exact) mass is 380 g/mol. The Morgan fingerprint density at radius 1 is 1.22 bits per heavy atom. The number of thioether (sulfide) groups is 1. The van der Waals surface area contributed by atoms with Crippen LogP contribution in [-0.4, -0.2) is 33.1 Å². The van der Waals surface area contributed by atoms with E-state index in [4.69, 9.17) is 0 Å². The van der Waals surface area contributed by atoms with Gasteiger partial charge in [0.15, 0.2) is 0 Å². The van der Waals surface area contributed by atoms with Gasteiger partial charge in [0.25, 0.3) is 5.69 Å². The van der Waals surface area contributed by atoms with Gasteiger partial charge in [-0.3, -0.25) is 14.9 Å². The van der Waals surface area contributed by atoms with E-state index >= 15 is 0 Å². The number of hydrogen-bond donors (Lipinski definition) is 0. The number of rotatable bonds is 4. The highest BCUT2D eigenvalue weighted by molar-refractivity contribution is 8.00. The Kier molecular flexibility index (Phi) is 4.49. The zero-order chi connectivity index (χ0) is 19.0. The van der Waals surface area contributed by atoms with Crippen LogP contribution in [0.2, 0.25) is 0 Å². The molecule has 8 heteroatoms. The van der Waals surface area contributed by atoms with Crippen molar-refractivity contribution in [2.75, 3.05) is 17.2 Å². The van der Waals surface area contributed by atoms with Crippen LogP contribution in [0.25, 0.3) is 11.0 Å². The van der Waals surface area contributed by atoms with Crippen molar-refractivity contribution in [2.45, 2.75) is 18.4 Å². The van der Waals surface area contributed by atoms with Crippen LogP contribution in [0.15, 0.2) is 47.5 Å². The molecule has 0 radical (unpaired) electrons. The summed E-state index contributed by atoms with van der Waals surface area (Å²) in [6.45, 7) is 2.43. The van der Waals surface area contributed by atoms with Crippen molar-refractivity contribution in [1.29, 1.82) is 0 Å². The molecule has 0 spiro atoms. The zero-order valence-corrected chi connectivity index (χ0v) is 15.4. The number of aromatic nitrogens is 2. The highest BCUT2D eigenvalue weighted by Crippen LogP contribution is 2.32. The quantitative estimate of drug-likeness (QED) is 0.391. The Labute approximate surface area is 159 Å². The molecule has 4 rings (SSSR count). The number of carbonyl (C=O) groups is 1. The Morgan fingerprint density at radius 3 is 2.70 bits per heavy atom. The van der Waals surface area contributed by atoms with Gasteiger partial charge < -0.3 is 4.90 Å². The van der Waals surface area contributed by atoms with Gasteiger partial charge in [-0.15, -0.1) is 0 Å². The second kappa shape index (κ2) is 6.96. The van der Waals surface area contributed by atoms with Gasteiger partial charge in [-0.2, -0.15) is 0 Å². The largest absolute Gasteiger partial charge is 0.311 e. The molecule has 0 unspecified atom stereocenters. The van der Waals surface area contributed by atoms with Crippen molar-refractivity contribution >= 4 is 40.1 Å². The molecule has 0 aliphatic carbocycles. The number of nitrogens with zero attached hydrogens (tertiary/aromatic N) is 4. The van der Waals surface area contributed by atoms with Crippen molar-refractivity contribution in [3.63, 3.8) is 0 Å². The number of fused-ring (bicyclic) bond motifs is 2. The lowest BCUT2D eigenvalue weighted by Crippen LogP contribution is -2.30. The molecular formula is C19H16N4O3S. The van der Waals surface area contributed by atoms with Gasteiger partial charge in [0.1, 0.15) is 5.03 Å². The van der Waals surface area contributed by atoms with Crippen LogP contribution in [0.4, 0.5) is 11.4 Å². The number of nitro groups is 1. The van der Waals surface area contributed by atoms with Gasteiger partial charge in [-0.1, -0.05) is 23.9 Å². The number of carbonyl (C=O) groups excluding carboxylic acids is 1. The van der Waals surface area contributed by atoms with E-state index in [0.29, 0.717) is 13.0 Å². The van der Waals surface area contributed by atoms with Gasteiger partial charge in [-0.25, -0.2) is 9.97 Å². The molecule has 2 aromatic carbocycles. The van der Waals surface area contributed by atoms with E-state index < -0.39 is 4.92 Å². The van der Waals surface area contributed by atoms with Gasteiger partial charge in [0.2, 0.25) is 5.91 Å². The summed E-state index contributed by atoms with van der Waals surface area (Å²) in [5.41, 5.74) is 4.08. The van der Waals surface area contributed by atoms with Crippen LogP contribution in [-0.2, 0) is 11.2 Å². The van der Waals surface area contributed by atoms with Crippen LogP contribution in [0.5, 0.6) is 0 Å². The second-order valence-corrected chi connectivity index (χ2v) is 7.22. The Morgan fingerprint density at radius 2 is 1.96 bits per heavy atom. The number of nitro benzene ring substituents is 1. The molecule has 1 aliphatic rings. The maximum Gasteiger partial charge on any atom is 0.269 e. The number of amides is 1. The minimum Gasteiger partial charge on any atom is -0.311 e. The molecule has 1 aromatic heterocycles. The van der Waals surface area contributed by atoms with E-state index in [2.05, 4.69) is 9.97 Å². The SMILES string of the molecule is Cc1nc2ccccc2nc1SCC(=O)N1CCc2cc([N+](=O)[O-])ccc21. The number of non-ortho nitro benzene ring substituents is 1. The summed E-state index contributed by atoms with van der Waals surface area (Å²) in [7, 11) is 0. The van der Waals surface area contributed by atoms with Gasteiger partial charge >= 0.3 is 0 Å². The van der Waals surface area contributed by atoms with Gasteiger partial charge in [0.05, 0.1) is 27.4 Å². The molecule has 0 saturated heterocycles. The number of para-hydroxylation sites is 2. The summed E-state index contributed by atoms with van der Waals surface area (Å²) in [6, 6.07) is 12.3. The number of hydrogen-bond acceptors (Lipinski definition) is 6. The third-order valence-electron chi connectivity index (χ3n) is 4.50. The van der Waals surface area contributed by atoms with Gasteiger partial charge in [-0.05, 0) is 37.1 Å². The van der Waals surface area contributed by atoms with E-state index in [1.165, 1.54) is 17.8 Å². The fraction of sp³-hybridized carbons (Fsp3) is 0.211. The molecule has 0 bridgehead atoms. The Hall–Kier alpha value is -3.00. The fourth-order valence-corrected chi connectivity index (χ4v) is 4.01. The molecule has 0 atom stereocenters. The van der Waals surface area contributed by atoms with Crippen LogP contribution in [0.3, 0.4) is 0 Å². The minimum absolute atomic E-state index is 0.0399. The van der Waals surface area contributed by atoms with Crippen molar-refractivity contribution in [3.05, 3.63) is 63.8 Å². The fourth-order valence-electron chi connectivity index (χ4n) is 3.18. The lowest BCUT2D eigenvalue weighted by atomic mass is 10.1. The first-order chi connectivity index (χ1) is 13.0. The molecule has 1 amide bonds. The van der Waals surface area contributed by atoms with Gasteiger partial charge in [0, 0.05) is 24.4 Å². The topological polar surface area (TPSA) is 89.2 Å². The molecule has 1 aliphatic heterocycles. The first-order valence-electron chi connectivity index (χ1n) is 8.47.